The third-order valence-corrected chi connectivity index (χ3v) is 5.93. The predicted octanol–water partition coefficient (Wildman–Crippen LogP) is 2.47. The molecule has 0 saturated carbocycles. The number of nitrogens with zero attached hydrogens (tertiary/aromatic N) is 5. The number of carbonyl (C=O) groups excluding carboxylic acids is 1. The predicted molar refractivity (Wildman–Crippen MR) is 122 cm³/mol. The summed E-state index contributed by atoms with van der Waals surface area (Å²) < 4.78 is 7.34. The highest BCUT2D eigenvalue weighted by atomic mass is 32.1. The smallest absolute Gasteiger partial charge is 0.407 e. The Bertz CT molecular complexity index is 886. The van der Waals surface area contributed by atoms with Gasteiger partial charge in [0, 0.05) is 31.6 Å². The van der Waals surface area contributed by atoms with Gasteiger partial charge in [0.05, 0.1) is 6.04 Å². The highest BCUT2D eigenvalue weighted by Gasteiger charge is 2.28. The van der Waals surface area contributed by atoms with Crippen LogP contribution in [0.4, 0.5) is 4.79 Å². The van der Waals surface area contributed by atoms with Crippen molar-refractivity contribution in [1.82, 2.24) is 30.3 Å². The first-order valence-electron chi connectivity index (χ1n) is 10.6. The first-order chi connectivity index (χ1) is 14.7. The molecule has 2 aromatic rings. The molecule has 1 fully saturated rings. The maximum Gasteiger partial charge on any atom is 0.407 e. The van der Waals surface area contributed by atoms with E-state index in [-0.39, 0.29) is 12.1 Å². The van der Waals surface area contributed by atoms with Crippen molar-refractivity contribution < 1.29 is 9.53 Å². The van der Waals surface area contributed by atoms with Gasteiger partial charge in [-0.2, -0.15) is 0 Å². The Morgan fingerprint density at radius 3 is 2.84 bits per heavy atom. The summed E-state index contributed by atoms with van der Waals surface area (Å²) in [5, 5.41) is 16.9. The summed E-state index contributed by atoms with van der Waals surface area (Å²) in [6.45, 7) is 10.2. The van der Waals surface area contributed by atoms with Gasteiger partial charge in [-0.25, -0.2) is 9.79 Å². The molecule has 1 saturated heterocycles. The molecule has 0 radical (unpaired) electrons. The summed E-state index contributed by atoms with van der Waals surface area (Å²) >= 11 is 1.76. The normalized spacial score (nSPS) is 17.1. The van der Waals surface area contributed by atoms with Crippen LogP contribution in [0.1, 0.15) is 43.7 Å². The van der Waals surface area contributed by atoms with E-state index in [4.69, 9.17) is 9.73 Å². The third-order valence-electron chi connectivity index (χ3n) is 5.00. The van der Waals surface area contributed by atoms with Gasteiger partial charge < -0.3 is 24.8 Å². The van der Waals surface area contributed by atoms with Crippen LogP contribution in [0.15, 0.2) is 22.5 Å². The molecule has 3 rings (SSSR count). The molecule has 2 aromatic heterocycles. The monoisotopic (exact) mass is 447 g/mol. The standard InChI is InChI=1S/C21H33N7O2S/c1-15-25-26-18(27(15)5)13-23-19(22-10-8-17-7-6-12-31-17)28-11-9-16(14-28)24-20(29)30-21(2,3)4/h6-7,12,16H,8-11,13-14H2,1-5H3,(H,22,23)(H,24,29). The molecule has 0 bridgehead atoms. The molecule has 2 N–H and O–H groups in total. The Morgan fingerprint density at radius 2 is 2.19 bits per heavy atom. The van der Waals surface area contributed by atoms with Gasteiger partial charge in [-0.05, 0) is 52.0 Å². The number of guanidine groups is 1. The zero-order valence-electron chi connectivity index (χ0n) is 19.0. The molecule has 9 nitrogen and oxygen atoms in total. The van der Waals surface area contributed by atoms with Gasteiger partial charge in [-0.3, -0.25) is 0 Å². The van der Waals surface area contributed by atoms with E-state index in [1.807, 2.05) is 39.3 Å². The van der Waals surface area contributed by atoms with E-state index in [1.54, 1.807) is 11.3 Å². The Hall–Kier alpha value is -2.62. The average molecular weight is 448 g/mol. The molecule has 0 aliphatic carbocycles. The van der Waals surface area contributed by atoms with Gasteiger partial charge in [0.1, 0.15) is 18.0 Å². The number of alkyl carbamates (subject to hydrolysis) is 1. The minimum atomic E-state index is -0.507. The molecule has 1 aliphatic heterocycles. The zero-order valence-corrected chi connectivity index (χ0v) is 19.8. The first kappa shape index (κ1) is 23.1. The second kappa shape index (κ2) is 10.1. The van der Waals surface area contributed by atoms with Crippen molar-refractivity contribution in [3.05, 3.63) is 34.0 Å². The second-order valence-corrected chi connectivity index (χ2v) is 9.73. The first-order valence-corrected chi connectivity index (χ1v) is 11.5. The zero-order chi connectivity index (χ0) is 22.4. The number of ether oxygens (including phenoxy) is 1. The molecular formula is C21H33N7O2S. The van der Waals surface area contributed by atoms with Crippen molar-refractivity contribution in [3.63, 3.8) is 0 Å². The van der Waals surface area contributed by atoms with Crippen LogP contribution in [0.3, 0.4) is 0 Å². The van der Waals surface area contributed by atoms with E-state index in [0.717, 1.165) is 43.5 Å². The minimum Gasteiger partial charge on any atom is -0.444 e. The number of hydrogen-bond donors (Lipinski definition) is 2. The fourth-order valence-corrected chi connectivity index (χ4v) is 4.01. The SMILES string of the molecule is Cc1nnc(CN=C(NCCc2cccs2)N2CCC(NC(=O)OC(C)(C)C)C2)n1C. The number of thiophene rings is 1. The molecule has 31 heavy (non-hydrogen) atoms. The topological polar surface area (TPSA) is 96.7 Å². The van der Waals surface area contributed by atoms with E-state index >= 15 is 0 Å². The Morgan fingerprint density at radius 1 is 1.39 bits per heavy atom. The van der Waals surface area contributed by atoms with Crippen molar-refractivity contribution in [2.45, 2.75) is 58.7 Å². The number of hydrogen-bond acceptors (Lipinski definition) is 6. The van der Waals surface area contributed by atoms with Crippen molar-refractivity contribution in [1.29, 1.82) is 0 Å². The molecule has 0 aromatic carbocycles. The fraction of sp³-hybridized carbons (Fsp3) is 0.619. The van der Waals surface area contributed by atoms with Crippen LogP contribution < -0.4 is 10.6 Å². The maximum absolute atomic E-state index is 12.1. The number of aliphatic imine (C=N–C) groups is 1. The lowest BCUT2D eigenvalue weighted by Gasteiger charge is -2.23. The lowest BCUT2D eigenvalue weighted by Crippen LogP contribution is -2.44. The number of rotatable bonds is 6. The van der Waals surface area contributed by atoms with Gasteiger partial charge in [0.15, 0.2) is 11.8 Å². The minimum absolute atomic E-state index is 0.0243. The Balaban J connectivity index is 1.62. The van der Waals surface area contributed by atoms with Crippen LogP contribution in [0.2, 0.25) is 0 Å². The van der Waals surface area contributed by atoms with Gasteiger partial charge >= 0.3 is 6.09 Å². The number of likely N-dealkylation sites (tertiary alicyclic amines) is 1. The molecule has 1 amide bonds. The molecule has 3 heterocycles. The molecule has 1 unspecified atom stereocenters. The van der Waals surface area contributed by atoms with Gasteiger partial charge in [0.25, 0.3) is 0 Å². The van der Waals surface area contributed by atoms with E-state index in [2.05, 4.69) is 43.2 Å². The number of nitrogens with one attached hydrogen (secondary N) is 2. The van der Waals surface area contributed by atoms with Gasteiger partial charge in [-0.15, -0.1) is 21.5 Å². The summed E-state index contributed by atoms with van der Waals surface area (Å²) in [5.74, 6) is 2.50. The van der Waals surface area contributed by atoms with Crippen molar-refractivity contribution >= 4 is 23.4 Å². The van der Waals surface area contributed by atoms with Crippen molar-refractivity contribution in [3.8, 4) is 0 Å². The molecule has 10 heteroatoms. The summed E-state index contributed by atoms with van der Waals surface area (Å²) in [6, 6.07) is 4.23. The van der Waals surface area contributed by atoms with Crippen molar-refractivity contribution in [2.24, 2.45) is 12.0 Å². The lowest BCUT2D eigenvalue weighted by molar-refractivity contribution is 0.0507. The Labute approximate surface area is 187 Å². The van der Waals surface area contributed by atoms with E-state index in [0.29, 0.717) is 13.1 Å². The second-order valence-electron chi connectivity index (χ2n) is 8.70. The van der Waals surface area contributed by atoms with Crippen LogP contribution in [-0.4, -0.2) is 63.0 Å². The van der Waals surface area contributed by atoms with Crippen LogP contribution in [0, 0.1) is 6.92 Å². The fourth-order valence-electron chi connectivity index (χ4n) is 3.30. The summed E-state index contributed by atoms with van der Waals surface area (Å²) in [7, 11) is 1.95. The van der Waals surface area contributed by atoms with E-state index < -0.39 is 5.60 Å². The molecular weight excluding hydrogens is 414 g/mol. The van der Waals surface area contributed by atoms with Crippen LogP contribution in [-0.2, 0) is 24.8 Å². The van der Waals surface area contributed by atoms with Crippen LogP contribution in [0.5, 0.6) is 0 Å². The third kappa shape index (κ3) is 6.95. The average Bonchev–Trinajstić information content (AvgIpc) is 3.41. The van der Waals surface area contributed by atoms with Gasteiger partial charge in [-0.1, -0.05) is 6.07 Å². The van der Waals surface area contributed by atoms with Crippen molar-refractivity contribution in [2.75, 3.05) is 19.6 Å². The maximum atomic E-state index is 12.1. The van der Waals surface area contributed by atoms with Crippen LogP contribution >= 0.6 is 11.3 Å². The molecule has 1 atom stereocenters. The van der Waals surface area contributed by atoms with E-state index in [1.165, 1.54) is 4.88 Å². The number of amides is 1. The summed E-state index contributed by atoms with van der Waals surface area (Å²) in [5.41, 5.74) is -0.507. The molecule has 1 aliphatic rings. The number of aryl methyl sites for hydroxylation is 1. The van der Waals surface area contributed by atoms with Crippen LogP contribution in [0.25, 0.3) is 0 Å². The summed E-state index contributed by atoms with van der Waals surface area (Å²) in [6.07, 6.45) is 1.40. The lowest BCUT2D eigenvalue weighted by atomic mass is 10.2. The number of carbonyl (C=O) groups is 1. The highest BCUT2D eigenvalue weighted by Crippen LogP contribution is 2.13. The summed E-state index contributed by atoms with van der Waals surface area (Å²) in [4.78, 5) is 20.5. The molecule has 0 spiro atoms. The largest absolute Gasteiger partial charge is 0.444 e. The Kier molecular flexibility index (Phi) is 7.53. The number of aromatic nitrogens is 3. The highest BCUT2D eigenvalue weighted by molar-refractivity contribution is 7.09. The molecule has 170 valence electrons. The van der Waals surface area contributed by atoms with E-state index in [9.17, 15) is 4.79 Å². The quantitative estimate of drug-likeness (QED) is 0.522. The van der Waals surface area contributed by atoms with Gasteiger partial charge in [0.2, 0.25) is 0 Å².